The van der Waals surface area contributed by atoms with Gasteiger partial charge >= 0.3 is 18.9 Å². The monoisotopic (exact) mass is 163 g/mol. The molecule has 0 aliphatic rings. The molecule has 0 amide bonds. The molecule has 2 rings (SSSR count). The average Bonchev–Trinajstić information content (AvgIpc) is 2.21. The van der Waals surface area contributed by atoms with Crippen molar-refractivity contribution in [1.82, 2.24) is 4.98 Å². The van der Waals surface area contributed by atoms with E-state index in [0.29, 0.717) is 0 Å². The molecule has 1 aromatic heterocycles. The fraction of sp³-hybridized carbons (Fsp3) is 0. The van der Waals surface area contributed by atoms with E-state index in [1.54, 1.807) is 0 Å². The summed E-state index contributed by atoms with van der Waals surface area (Å²) in [5, 5.41) is 0. The summed E-state index contributed by atoms with van der Waals surface area (Å²) in [6.07, 6.45) is 1.81. The summed E-state index contributed by atoms with van der Waals surface area (Å²) < 4.78 is 0. The minimum atomic E-state index is 0. The third-order valence-corrected chi connectivity index (χ3v) is 1.73. The molecule has 2 heteroatoms. The van der Waals surface area contributed by atoms with Crippen molar-refractivity contribution in [3.8, 4) is 11.3 Å². The van der Waals surface area contributed by atoms with E-state index >= 15 is 0 Å². The van der Waals surface area contributed by atoms with Crippen molar-refractivity contribution in [2.24, 2.45) is 0 Å². The van der Waals surface area contributed by atoms with E-state index in [2.05, 4.69) is 17.1 Å². The third-order valence-electron chi connectivity index (χ3n) is 1.73. The number of pyridine rings is 1. The normalized spacial score (nSPS) is 8.92. The maximum Gasteiger partial charge on any atom is 1.00 e. The van der Waals surface area contributed by atoms with Crippen LogP contribution in [-0.2, 0) is 0 Å². The summed E-state index contributed by atoms with van der Waals surface area (Å²) in [6.45, 7) is 0. The molecule has 13 heavy (non-hydrogen) atoms. The van der Waals surface area contributed by atoms with Crippen molar-refractivity contribution in [1.29, 1.82) is 0 Å². The minimum Gasteiger partial charge on any atom is -1.00 e. The zero-order valence-corrected chi connectivity index (χ0v) is 7.64. The van der Waals surface area contributed by atoms with Gasteiger partial charge in [0.15, 0.2) is 0 Å². The fourth-order valence-corrected chi connectivity index (χ4v) is 1.14. The van der Waals surface area contributed by atoms with E-state index in [1.165, 1.54) is 0 Å². The molecule has 0 spiro atoms. The molecule has 1 heterocycles. The smallest absolute Gasteiger partial charge is 1.00 e. The molecule has 0 atom stereocenters. The van der Waals surface area contributed by atoms with Gasteiger partial charge in [0.05, 0.1) is 5.69 Å². The van der Waals surface area contributed by atoms with Crippen LogP contribution >= 0.6 is 0 Å². The Labute approximate surface area is 91.5 Å². The molecule has 60 valence electrons. The first-order valence-electron chi connectivity index (χ1n) is 3.93. The molecule has 0 saturated carbocycles. The second kappa shape index (κ2) is 4.86. The zero-order chi connectivity index (χ0) is 8.23. The Hall–Kier alpha value is -1.03. The van der Waals surface area contributed by atoms with Gasteiger partial charge in [0, 0.05) is 11.8 Å². The van der Waals surface area contributed by atoms with Crippen LogP contribution in [0.4, 0.5) is 0 Å². The molecule has 0 fully saturated rings. The van der Waals surface area contributed by atoms with Crippen LogP contribution < -0.4 is 18.9 Å². The van der Waals surface area contributed by atoms with E-state index < -0.39 is 0 Å². The van der Waals surface area contributed by atoms with Crippen LogP contribution in [-0.4, -0.2) is 4.98 Å². The maximum absolute atomic E-state index is 4.25. The van der Waals surface area contributed by atoms with E-state index in [-0.39, 0.29) is 20.3 Å². The first kappa shape index (κ1) is 10.1. The van der Waals surface area contributed by atoms with Crippen molar-refractivity contribution >= 4 is 0 Å². The molecule has 0 radical (unpaired) electrons. The van der Waals surface area contributed by atoms with Crippen LogP contribution in [0.2, 0.25) is 0 Å². The standard InChI is InChI=1S/C11H9N.Li.H/c1-2-6-10(7-3-1)11-8-4-5-9-12-11;;/h1-9H;;/q;+1;-1. The first-order chi connectivity index (χ1) is 5.97. The van der Waals surface area contributed by atoms with Crippen LogP contribution in [0.5, 0.6) is 0 Å². The Morgan fingerprint density at radius 2 is 1.54 bits per heavy atom. The molecular formula is C11H10LiN. The van der Waals surface area contributed by atoms with E-state index in [9.17, 15) is 0 Å². The van der Waals surface area contributed by atoms with Crippen LogP contribution in [0.15, 0.2) is 54.7 Å². The summed E-state index contributed by atoms with van der Waals surface area (Å²) in [5.41, 5.74) is 2.19. The molecule has 0 aliphatic heterocycles. The van der Waals surface area contributed by atoms with Crippen LogP contribution in [0, 0.1) is 0 Å². The van der Waals surface area contributed by atoms with Gasteiger partial charge in [0.25, 0.3) is 0 Å². The van der Waals surface area contributed by atoms with E-state index in [1.807, 2.05) is 42.6 Å². The predicted molar refractivity (Wildman–Crippen MR) is 50.8 cm³/mol. The Morgan fingerprint density at radius 3 is 2.15 bits per heavy atom. The van der Waals surface area contributed by atoms with Gasteiger partial charge in [-0.3, -0.25) is 4.98 Å². The number of aromatic nitrogens is 1. The van der Waals surface area contributed by atoms with Gasteiger partial charge in [-0.2, -0.15) is 0 Å². The Kier molecular flexibility index (Phi) is 3.76. The number of hydrogen-bond donors (Lipinski definition) is 0. The number of rotatable bonds is 1. The molecule has 0 saturated heterocycles. The van der Waals surface area contributed by atoms with Gasteiger partial charge < -0.3 is 1.43 Å². The predicted octanol–water partition coefficient (Wildman–Crippen LogP) is -0.135. The largest absolute Gasteiger partial charge is 1.00 e. The van der Waals surface area contributed by atoms with Crippen molar-refractivity contribution in [2.75, 3.05) is 0 Å². The maximum atomic E-state index is 4.25. The zero-order valence-electron chi connectivity index (χ0n) is 8.64. The molecular weight excluding hydrogens is 153 g/mol. The number of benzene rings is 1. The molecule has 0 aliphatic carbocycles. The van der Waals surface area contributed by atoms with Crippen molar-refractivity contribution in [3.63, 3.8) is 0 Å². The van der Waals surface area contributed by atoms with Crippen molar-refractivity contribution < 1.29 is 20.3 Å². The number of nitrogens with zero attached hydrogens (tertiary/aromatic N) is 1. The van der Waals surface area contributed by atoms with Crippen LogP contribution in [0.3, 0.4) is 0 Å². The summed E-state index contributed by atoms with van der Waals surface area (Å²) in [5.74, 6) is 0. The molecule has 0 N–H and O–H groups in total. The Morgan fingerprint density at radius 1 is 0.846 bits per heavy atom. The minimum absolute atomic E-state index is 0. The third kappa shape index (κ3) is 2.45. The van der Waals surface area contributed by atoms with Gasteiger partial charge in [-0.15, -0.1) is 0 Å². The quantitative estimate of drug-likeness (QED) is 0.533. The van der Waals surface area contributed by atoms with Gasteiger partial charge in [0.2, 0.25) is 0 Å². The fourth-order valence-electron chi connectivity index (χ4n) is 1.14. The van der Waals surface area contributed by atoms with Gasteiger partial charge in [0.1, 0.15) is 0 Å². The second-order valence-electron chi connectivity index (χ2n) is 2.58. The summed E-state index contributed by atoms with van der Waals surface area (Å²) in [7, 11) is 0. The summed E-state index contributed by atoms with van der Waals surface area (Å²) >= 11 is 0. The first-order valence-corrected chi connectivity index (χ1v) is 3.93. The van der Waals surface area contributed by atoms with Gasteiger partial charge in [-0.05, 0) is 12.1 Å². The van der Waals surface area contributed by atoms with E-state index in [0.717, 1.165) is 11.3 Å². The van der Waals surface area contributed by atoms with Crippen molar-refractivity contribution in [2.45, 2.75) is 0 Å². The number of hydrogen-bond acceptors (Lipinski definition) is 1. The molecule has 2 aromatic rings. The van der Waals surface area contributed by atoms with Crippen LogP contribution in [0.1, 0.15) is 1.43 Å². The van der Waals surface area contributed by atoms with Crippen LogP contribution in [0.25, 0.3) is 11.3 Å². The molecule has 0 bridgehead atoms. The topological polar surface area (TPSA) is 12.9 Å². The summed E-state index contributed by atoms with van der Waals surface area (Å²) in [6, 6.07) is 16.1. The molecule has 1 aromatic carbocycles. The second-order valence-corrected chi connectivity index (χ2v) is 2.58. The Balaban J connectivity index is 0.000000845. The summed E-state index contributed by atoms with van der Waals surface area (Å²) in [4.78, 5) is 4.25. The van der Waals surface area contributed by atoms with Gasteiger partial charge in [-0.1, -0.05) is 36.4 Å². The average molecular weight is 163 g/mol. The molecule has 1 nitrogen and oxygen atoms in total. The molecule has 0 unspecified atom stereocenters. The SMILES string of the molecule is [H-].[Li+].c1ccc(-c2ccccn2)cc1. The van der Waals surface area contributed by atoms with Crippen molar-refractivity contribution in [3.05, 3.63) is 54.7 Å². The Bertz CT molecular complexity index is 313. The van der Waals surface area contributed by atoms with E-state index in [4.69, 9.17) is 0 Å². The van der Waals surface area contributed by atoms with Gasteiger partial charge in [-0.25, -0.2) is 0 Å².